The van der Waals surface area contributed by atoms with Crippen LogP contribution in [0.25, 0.3) is 0 Å². The molecule has 22 heavy (non-hydrogen) atoms. The summed E-state index contributed by atoms with van der Waals surface area (Å²) in [5.41, 5.74) is 0. The highest BCUT2D eigenvalue weighted by Crippen LogP contribution is 2.41. The third-order valence-corrected chi connectivity index (χ3v) is 5.78. The molecule has 0 atom stereocenters. The largest absolute Gasteiger partial charge is 0.501 e. The second-order valence-electron chi connectivity index (χ2n) is 7.41. The maximum Gasteiger partial charge on any atom is 0.0901 e. The molecular weight excluding hydrogens is 268 g/mol. The van der Waals surface area contributed by atoms with Gasteiger partial charge in [-0.05, 0) is 87.9 Å². The normalized spacial score (nSPS) is 33.5. The van der Waals surface area contributed by atoms with Gasteiger partial charge in [-0.1, -0.05) is 32.1 Å². The summed E-state index contributed by atoms with van der Waals surface area (Å²) in [6.07, 6.45) is 22.6. The number of hydrogen-bond acceptors (Lipinski definition) is 1. The Hall–Kier alpha value is -0.720. The monoisotopic (exact) mass is 304 g/mol. The van der Waals surface area contributed by atoms with Gasteiger partial charge < -0.3 is 4.74 Å². The van der Waals surface area contributed by atoms with Gasteiger partial charge in [0.25, 0.3) is 0 Å². The van der Waals surface area contributed by atoms with Crippen molar-refractivity contribution in [2.75, 3.05) is 6.61 Å². The first-order chi connectivity index (χ1) is 10.8. The van der Waals surface area contributed by atoms with Crippen LogP contribution in [0.3, 0.4) is 0 Å². The Balaban J connectivity index is 1.63. The van der Waals surface area contributed by atoms with Gasteiger partial charge in [0.1, 0.15) is 0 Å². The van der Waals surface area contributed by atoms with Crippen molar-refractivity contribution < 1.29 is 4.74 Å². The van der Waals surface area contributed by atoms with Gasteiger partial charge in [0.05, 0.1) is 12.9 Å². The summed E-state index contributed by atoms with van der Waals surface area (Å²) < 4.78 is 5.66. The summed E-state index contributed by atoms with van der Waals surface area (Å²) in [5, 5.41) is 0. The zero-order valence-corrected chi connectivity index (χ0v) is 14.8. The minimum atomic E-state index is 0.807. The highest BCUT2D eigenvalue weighted by Gasteiger charge is 2.30. The van der Waals surface area contributed by atoms with Crippen LogP contribution in [0.4, 0.5) is 0 Å². The Bertz CT molecular complexity index is 328. The predicted octanol–water partition coefficient (Wildman–Crippen LogP) is 6.51. The summed E-state index contributed by atoms with van der Waals surface area (Å²) in [4.78, 5) is 0. The molecule has 0 amide bonds. The van der Waals surface area contributed by atoms with Crippen LogP contribution < -0.4 is 0 Å². The molecule has 0 aromatic carbocycles. The molecule has 2 rings (SSSR count). The van der Waals surface area contributed by atoms with Crippen LogP contribution in [0.5, 0.6) is 0 Å². The van der Waals surface area contributed by atoms with Crippen molar-refractivity contribution in [1.29, 1.82) is 0 Å². The summed E-state index contributed by atoms with van der Waals surface area (Å²) in [7, 11) is 0. The quantitative estimate of drug-likeness (QED) is 0.385. The van der Waals surface area contributed by atoms with E-state index in [4.69, 9.17) is 4.74 Å². The van der Waals surface area contributed by atoms with Gasteiger partial charge in [0.15, 0.2) is 0 Å². The molecule has 0 heterocycles. The molecule has 1 heteroatoms. The molecule has 0 radical (unpaired) electrons. The van der Waals surface area contributed by atoms with Gasteiger partial charge in [-0.15, -0.1) is 0 Å². The van der Waals surface area contributed by atoms with Crippen LogP contribution >= 0.6 is 0 Å². The Morgan fingerprint density at radius 3 is 1.95 bits per heavy atom. The summed E-state index contributed by atoms with van der Waals surface area (Å²) in [6, 6.07) is 0. The van der Waals surface area contributed by atoms with E-state index >= 15 is 0 Å². The van der Waals surface area contributed by atoms with E-state index in [1.807, 2.05) is 6.26 Å². The van der Waals surface area contributed by atoms with Gasteiger partial charge >= 0.3 is 0 Å². The molecular formula is C21H36O. The molecule has 0 saturated heterocycles. The van der Waals surface area contributed by atoms with Crippen molar-refractivity contribution in [2.45, 2.75) is 78.1 Å². The van der Waals surface area contributed by atoms with Crippen molar-refractivity contribution in [3.63, 3.8) is 0 Å². The van der Waals surface area contributed by atoms with Gasteiger partial charge in [0.2, 0.25) is 0 Å². The van der Waals surface area contributed by atoms with Gasteiger partial charge in [-0.2, -0.15) is 0 Å². The van der Waals surface area contributed by atoms with E-state index < -0.39 is 0 Å². The van der Waals surface area contributed by atoms with Crippen LogP contribution in [0, 0.1) is 23.7 Å². The average molecular weight is 305 g/mol. The van der Waals surface area contributed by atoms with E-state index in [-0.39, 0.29) is 0 Å². The van der Waals surface area contributed by atoms with Gasteiger partial charge in [0, 0.05) is 0 Å². The zero-order valence-electron chi connectivity index (χ0n) is 14.8. The number of ether oxygens (including phenoxy) is 1. The maximum absolute atomic E-state index is 5.66. The van der Waals surface area contributed by atoms with E-state index in [1.165, 1.54) is 57.8 Å². The first kappa shape index (κ1) is 17.6. The van der Waals surface area contributed by atoms with Crippen molar-refractivity contribution in [3.8, 4) is 0 Å². The Kier molecular flexibility index (Phi) is 8.12. The van der Waals surface area contributed by atoms with Crippen molar-refractivity contribution in [3.05, 3.63) is 24.5 Å². The molecule has 0 aromatic rings. The van der Waals surface area contributed by atoms with Gasteiger partial charge in [-0.25, -0.2) is 0 Å². The highest BCUT2D eigenvalue weighted by molar-refractivity contribution is 4.92. The lowest BCUT2D eigenvalue weighted by Crippen LogP contribution is -2.26. The third kappa shape index (κ3) is 5.82. The molecule has 126 valence electrons. The molecule has 0 bridgehead atoms. The molecule has 2 fully saturated rings. The Morgan fingerprint density at radius 2 is 1.36 bits per heavy atom. The standard InChI is InChI=1S/C21H36O/c1-3-5-7-18-8-12-20(13-9-18)21-14-10-19(11-15-21)17-22-16-6-4-2/h5-7,16,18-21H,3-4,8-15,17H2,1-2H3/b7-5+,16-6-/t18-,19?,20-,21?. The maximum atomic E-state index is 5.66. The highest BCUT2D eigenvalue weighted by atomic mass is 16.5. The van der Waals surface area contributed by atoms with E-state index in [2.05, 4.69) is 32.1 Å². The van der Waals surface area contributed by atoms with Crippen molar-refractivity contribution in [1.82, 2.24) is 0 Å². The van der Waals surface area contributed by atoms with Crippen LogP contribution in [0.1, 0.15) is 78.1 Å². The molecule has 2 saturated carbocycles. The third-order valence-electron chi connectivity index (χ3n) is 5.78. The molecule has 0 aliphatic heterocycles. The van der Waals surface area contributed by atoms with Crippen molar-refractivity contribution in [2.24, 2.45) is 23.7 Å². The summed E-state index contributed by atoms with van der Waals surface area (Å²) in [6.45, 7) is 5.33. The fourth-order valence-corrected chi connectivity index (χ4v) is 4.32. The Labute approximate surface area is 138 Å². The average Bonchev–Trinajstić information content (AvgIpc) is 2.58. The van der Waals surface area contributed by atoms with Gasteiger partial charge in [-0.3, -0.25) is 0 Å². The number of hydrogen-bond donors (Lipinski definition) is 0. The minimum absolute atomic E-state index is 0.807. The van der Waals surface area contributed by atoms with Crippen LogP contribution in [-0.4, -0.2) is 6.61 Å². The smallest absolute Gasteiger partial charge is 0.0901 e. The number of allylic oxidation sites excluding steroid dienone is 3. The fraction of sp³-hybridized carbons (Fsp3) is 0.810. The van der Waals surface area contributed by atoms with E-state index in [9.17, 15) is 0 Å². The second-order valence-corrected chi connectivity index (χ2v) is 7.41. The molecule has 0 spiro atoms. The van der Waals surface area contributed by atoms with Crippen LogP contribution in [-0.2, 0) is 4.74 Å². The minimum Gasteiger partial charge on any atom is -0.501 e. The van der Waals surface area contributed by atoms with Crippen LogP contribution in [0.15, 0.2) is 24.5 Å². The second kappa shape index (κ2) is 10.1. The number of rotatable bonds is 7. The SMILES string of the molecule is CC/C=C\OCC1CCC([C@H]2CC[C@H](/C=C/CC)CC2)CC1. The fourth-order valence-electron chi connectivity index (χ4n) is 4.32. The molecule has 0 N–H and O–H groups in total. The summed E-state index contributed by atoms with van der Waals surface area (Å²) >= 11 is 0. The predicted molar refractivity (Wildman–Crippen MR) is 95.7 cm³/mol. The topological polar surface area (TPSA) is 9.23 Å². The molecule has 2 aliphatic rings. The Morgan fingerprint density at radius 1 is 0.773 bits per heavy atom. The molecule has 2 aliphatic carbocycles. The molecule has 0 aromatic heterocycles. The lowest BCUT2D eigenvalue weighted by molar-refractivity contribution is 0.113. The van der Waals surface area contributed by atoms with E-state index in [1.54, 1.807) is 0 Å². The molecule has 0 unspecified atom stereocenters. The summed E-state index contributed by atoms with van der Waals surface area (Å²) in [5.74, 6) is 3.72. The van der Waals surface area contributed by atoms with Crippen LogP contribution in [0.2, 0.25) is 0 Å². The lowest BCUT2D eigenvalue weighted by atomic mass is 9.69. The van der Waals surface area contributed by atoms with E-state index in [0.717, 1.165) is 36.7 Å². The lowest BCUT2D eigenvalue weighted by Gasteiger charge is -2.37. The first-order valence-electron chi connectivity index (χ1n) is 9.76. The molecule has 1 nitrogen and oxygen atoms in total. The van der Waals surface area contributed by atoms with E-state index in [0.29, 0.717) is 0 Å². The first-order valence-corrected chi connectivity index (χ1v) is 9.76. The zero-order chi connectivity index (χ0) is 15.6. The van der Waals surface area contributed by atoms with Crippen molar-refractivity contribution >= 4 is 0 Å².